The minimum atomic E-state index is -0.439. The molecule has 0 aromatic heterocycles. The van der Waals surface area contributed by atoms with Crippen LogP contribution in [0.3, 0.4) is 0 Å². The first-order chi connectivity index (χ1) is 14.5. The smallest absolute Gasteiger partial charge is 0.259 e. The molecule has 2 heterocycles. The summed E-state index contributed by atoms with van der Waals surface area (Å²) in [5, 5.41) is 3.96. The van der Waals surface area contributed by atoms with Crippen molar-refractivity contribution in [2.75, 3.05) is 5.75 Å². The number of hydrogen-bond donors (Lipinski definition) is 1. The zero-order valence-corrected chi connectivity index (χ0v) is 18.2. The van der Waals surface area contributed by atoms with Gasteiger partial charge >= 0.3 is 0 Å². The highest BCUT2D eigenvalue weighted by Crippen LogP contribution is 2.34. The zero-order chi connectivity index (χ0) is 21.3. The van der Waals surface area contributed by atoms with Gasteiger partial charge in [0.05, 0.1) is 11.4 Å². The Morgan fingerprint density at radius 3 is 2.70 bits per heavy atom. The predicted molar refractivity (Wildman–Crippen MR) is 121 cm³/mol. The molecule has 2 amide bonds. The topological polar surface area (TPSA) is 74.1 Å². The van der Waals surface area contributed by atoms with E-state index in [-0.39, 0.29) is 23.5 Å². The van der Waals surface area contributed by atoms with E-state index in [1.165, 1.54) is 11.8 Å². The lowest BCUT2D eigenvalue weighted by molar-refractivity contribution is -0.125. The van der Waals surface area contributed by atoms with Crippen LogP contribution in [0.15, 0.2) is 58.5 Å². The largest absolute Gasteiger partial charge is 0.351 e. The number of amidine groups is 2. The maximum atomic E-state index is 13.0. The SMILES string of the molecule is CC(C)[C@H]1N=C2c3ccccc3N=C(SCC(=O)NCc3ccccc3Cl)N2C1=O. The van der Waals surface area contributed by atoms with E-state index < -0.39 is 6.04 Å². The van der Waals surface area contributed by atoms with Crippen LogP contribution in [0.25, 0.3) is 0 Å². The summed E-state index contributed by atoms with van der Waals surface area (Å²) < 4.78 is 0. The molecule has 0 bridgehead atoms. The Kier molecular flexibility index (Phi) is 5.92. The summed E-state index contributed by atoms with van der Waals surface area (Å²) in [5.74, 6) is 0.565. The second-order valence-corrected chi connectivity index (χ2v) is 8.73. The van der Waals surface area contributed by atoms with Crippen LogP contribution in [-0.4, -0.2) is 39.5 Å². The Bertz CT molecular complexity index is 1070. The van der Waals surface area contributed by atoms with Gasteiger partial charge in [-0.1, -0.05) is 67.5 Å². The van der Waals surface area contributed by atoms with Crippen molar-refractivity contribution in [3.63, 3.8) is 0 Å². The molecular weight excluding hydrogens is 420 g/mol. The molecule has 0 saturated carbocycles. The second-order valence-electron chi connectivity index (χ2n) is 7.38. The molecule has 0 aliphatic carbocycles. The van der Waals surface area contributed by atoms with Gasteiger partial charge in [0.1, 0.15) is 11.9 Å². The molecule has 2 aliphatic heterocycles. The predicted octanol–water partition coefficient (Wildman–Crippen LogP) is 4.00. The number of benzene rings is 2. The van der Waals surface area contributed by atoms with E-state index in [0.29, 0.717) is 22.6 Å². The number of amides is 2. The molecule has 2 aromatic rings. The van der Waals surface area contributed by atoms with Gasteiger partial charge in [-0.15, -0.1) is 0 Å². The molecule has 1 atom stereocenters. The number of fused-ring (bicyclic) bond motifs is 3. The van der Waals surface area contributed by atoms with Gasteiger partial charge in [-0.25, -0.2) is 9.89 Å². The highest BCUT2D eigenvalue weighted by Gasteiger charge is 2.42. The van der Waals surface area contributed by atoms with Crippen molar-refractivity contribution in [3.05, 3.63) is 64.7 Å². The normalized spacial score (nSPS) is 17.4. The first-order valence-corrected chi connectivity index (χ1v) is 11.0. The fourth-order valence-electron chi connectivity index (χ4n) is 3.32. The van der Waals surface area contributed by atoms with Gasteiger partial charge in [-0.3, -0.25) is 14.6 Å². The summed E-state index contributed by atoms with van der Waals surface area (Å²) in [7, 11) is 0. The number of nitrogens with one attached hydrogen (secondary N) is 1. The monoisotopic (exact) mass is 440 g/mol. The molecular formula is C22H21ClN4O2S. The Hall–Kier alpha value is -2.64. The molecule has 4 rings (SSSR count). The van der Waals surface area contributed by atoms with Crippen LogP contribution in [0.2, 0.25) is 5.02 Å². The van der Waals surface area contributed by atoms with E-state index in [0.717, 1.165) is 16.8 Å². The van der Waals surface area contributed by atoms with Crippen LogP contribution < -0.4 is 5.32 Å². The summed E-state index contributed by atoms with van der Waals surface area (Å²) in [4.78, 5) is 36.3. The van der Waals surface area contributed by atoms with Gasteiger partial charge < -0.3 is 5.32 Å². The van der Waals surface area contributed by atoms with Crippen LogP contribution in [0.5, 0.6) is 0 Å². The van der Waals surface area contributed by atoms with Crippen molar-refractivity contribution in [1.82, 2.24) is 10.2 Å². The number of rotatable bonds is 5. The summed E-state index contributed by atoms with van der Waals surface area (Å²) in [5.41, 5.74) is 2.44. The molecule has 0 spiro atoms. The number of halogens is 1. The van der Waals surface area contributed by atoms with Crippen molar-refractivity contribution < 1.29 is 9.59 Å². The minimum absolute atomic E-state index is 0.0768. The average molecular weight is 441 g/mol. The van der Waals surface area contributed by atoms with Gasteiger partial charge in [-0.05, 0) is 29.7 Å². The lowest BCUT2D eigenvalue weighted by Gasteiger charge is -2.25. The third-order valence-corrected chi connectivity index (χ3v) is 6.20. The third kappa shape index (κ3) is 4.00. The number of thioether (sulfide) groups is 1. The van der Waals surface area contributed by atoms with E-state index >= 15 is 0 Å². The van der Waals surface area contributed by atoms with E-state index in [1.807, 2.05) is 56.3 Å². The Labute approximate surface area is 184 Å². The van der Waals surface area contributed by atoms with E-state index in [2.05, 4.69) is 15.3 Å². The van der Waals surface area contributed by atoms with Gasteiger partial charge in [0.2, 0.25) is 5.91 Å². The Morgan fingerprint density at radius 2 is 1.93 bits per heavy atom. The third-order valence-electron chi connectivity index (χ3n) is 4.90. The second kappa shape index (κ2) is 8.62. The van der Waals surface area contributed by atoms with E-state index in [4.69, 9.17) is 11.6 Å². The molecule has 30 heavy (non-hydrogen) atoms. The van der Waals surface area contributed by atoms with Crippen LogP contribution in [0.4, 0.5) is 5.69 Å². The number of carbonyl (C=O) groups is 2. The van der Waals surface area contributed by atoms with Crippen LogP contribution in [0.1, 0.15) is 25.0 Å². The zero-order valence-electron chi connectivity index (χ0n) is 16.6. The molecule has 154 valence electrons. The molecule has 1 N–H and O–H groups in total. The Morgan fingerprint density at radius 1 is 1.20 bits per heavy atom. The molecule has 8 heteroatoms. The Balaban J connectivity index is 1.49. The summed E-state index contributed by atoms with van der Waals surface area (Å²) in [6.45, 7) is 4.30. The molecule has 2 aliphatic rings. The van der Waals surface area contributed by atoms with Gasteiger partial charge in [-0.2, -0.15) is 0 Å². The number of para-hydroxylation sites is 1. The highest BCUT2D eigenvalue weighted by molar-refractivity contribution is 8.14. The summed E-state index contributed by atoms with van der Waals surface area (Å²) in [6.07, 6.45) is 0. The number of nitrogens with zero attached hydrogens (tertiary/aromatic N) is 3. The molecule has 0 saturated heterocycles. The van der Waals surface area contributed by atoms with Crippen molar-refractivity contribution in [2.45, 2.75) is 26.4 Å². The number of aliphatic imine (C=N–C) groups is 2. The van der Waals surface area contributed by atoms with E-state index in [1.54, 1.807) is 11.0 Å². The van der Waals surface area contributed by atoms with Gasteiger partial charge in [0, 0.05) is 17.1 Å². The van der Waals surface area contributed by atoms with Crippen molar-refractivity contribution in [1.29, 1.82) is 0 Å². The molecule has 2 aromatic carbocycles. The van der Waals surface area contributed by atoms with Crippen LogP contribution in [-0.2, 0) is 16.1 Å². The number of hydrogen-bond acceptors (Lipinski definition) is 5. The lowest BCUT2D eigenvalue weighted by atomic mass is 10.1. The molecule has 0 unspecified atom stereocenters. The van der Waals surface area contributed by atoms with Gasteiger partial charge in [0.15, 0.2) is 5.17 Å². The maximum Gasteiger partial charge on any atom is 0.259 e. The molecule has 0 radical (unpaired) electrons. The fraction of sp³-hybridized carbons (Fsp3) is 0.273. The van der Waals surface area contributed by atoms with Crippen LogP contribution in [0, 0.1) is 5.92 Å². The average Bonchev–Trinajstić information content (AvgIpc) is 3.09. The van der Waals surface area contributed by atoms with Crippen LogP contribution >= 0.6 is 23.4 Å². The summed E-state index contributed by atoms with van der Waals surface area (Å²) in [6, 6.07) is 14.5. The maximum absolute atomic E-state index is 13.0. The van der Waals surface area contributed by atoms with Crippen molar-refractivity contribution >= 4 is 51.9 Å². The lowest BCUT2D eigenvalue weighted by Crippen LogP contribution is -2.42. The molecule has 6 nitrogen and oxygen atoms in total. The van der Waals surface area contributed by atoms with E-state index in [9.17, 15) is 9.59 Å². The first kappa shape index (κ1) is 20.6. The number of carbonyl (C=O) groups excluding carboxylic acids is 2. The summed E-state index contributed by atoms with van der Waals surface area (Å²) >= 11 is 7.37. The van der Waals surface area contributed by atoms with Crippen molar-refractivity contribution in [2.24, 2.45) is 15.9 Å². The standard InChI is InChI=1S/C22H21ClN4O2S/c1-13(2)19-21(29)27-20(26-19)15-8-4-6-10-17(15)25-22(27)30-12-18(28)24-11-14-7-3-5-9-16(14)23/h3-10,13,19H,11-12H2,1-2H3,(H,24,28)/t19-/m1/s1. The first-order valence-electron chi connectivity index (χ1n) is 9.68. The molecule has 0 fully saturated rings. The fourth-order valence-corrected chi connectivity index (χ4v) is 4.35. The van der Waals surface area contributed by atoms with Crippen molar-refractivity contribution in [3.8, 4) is 0 Å². The quantitative estimate of drug-likeness (QED) is 0.763. The van der Waals surface area contributed by atoms with Gasteiger partial charge in [0.25, 0.3) is 5.91 Å². The minimum Gasteiger partial charge on any atom is -0.351 e. The highest BCUT2D eigenvalue weighted by atomic mass is 35.5.